The van der Waals surface area contributed by atoms with E-state index in [4.69, 9.17) is 9.47 Å². The zero-order chi connectivity index (χ0) is 13.4. The molecule has 1 aromatic carbocycles. The first-order valence-corrected chi connectivity index (χ1v) is 6.87. The highest BCUT2D eigenvalue weighted by molar-refractivity contribution is 9.10. The van der Waals surface area contributed by atoms with Crippen LogP contribution < -0.4 is 10.1 Å². The van der Waals surface area contributed by atoms with Gasteiger partial charge in [-0.1, -0.05) is 6.07 Å². The van der Waals surface area contributed by atoms with E-state index in [2.05, 4.69) is 47.2 Å². The summed E-state index contributed by atoms with van der Waals surface area (Å²) in [6.45, 7) is 5.93. The molecule has 0 amide bonds. The second-order valence-corrected chi connectivity index (χ2v) is 6.15. The Kier molecular flexibility index (Phi) is 3.72. The lowest BCUT2D eigenvalue weighted by atomic mass is 9.65. The summed E-state index contributed by atoms with van der Waals surface area (Å²) in [4.78, 5) is 0. The topological polar surface area (TPSA) is 30.5 Å². The van der Waals surface area contributed by atoms with Gasteiger partial charge in [-0.05, 0) is 54.5 Å². The molecule has 1 saturated heterocycles. The third-order valence-electron chi connectivity index (χ3n) is 4.22. The molecule has 1 fully saturated rings. The third-order valence-corrected chi connectivity index (χ3v) is 4.84. The van der Waals surface area contributed by atoms with Gasteiger partial charge in [-0.2, -0.15) is 0 Å². The zero-order valence-corrected chi connectivity index (χ0v) is 12.9. The van der Waals surface area contributed by atoms with Gasteiger partial charge in [0.1, 0.15) is 5.75 Å². The molecule has 4 heteroatoms. The highest BCUT2D eigenvalue weighted by atomic mass is 79.9. The molecule has 0 saturated carbocycles. The number of hydrogen-bond donors (Lipinski definition) is 1. The predicted molar refractivity (Wildman–Crippen MR) is 76.3 cm³/mol. The molecule has 0 unspecified atom stereocenters. The maximum Gasteiger partial charge on any atom is 0.133 e. The first-order valence-electron chi connectivity index (χ1n) is 6.07. The van der Waals surface area contributed by atoms with Crippen molar-refractivity contribution in [2.45, 2.75) is 24.8 Å². The van der Waals surface area contributed by atoms with Crippen LogP contribution in [-0.2, 0) is 10.2 Å². The molecule has 18 heavy (non-hydrogen) atoms. The zero-order valence-electron chi connectivity index (χ0n) is 11.3. The van der Waals surface area contributed by atoms with Crippen LogP contribution >= 0.6 is 15.9 Å². The Hall–Kier alpha value is -0.580. The van der Waals surface area contributed by atoms with E-state index in [1.54, 1.807) is 7.11 Å². The predicted octanol–water partition coefficient (Wildman–Crippen LogP) is 2.72. The lowest BCUT2D eigenvalue weighted by Crippen LogP contribution is -2.65. The standard InChI is InChI=1S/C14H20BrNO2/c1-13(2,16-3)14(8-18-9-14)10-5-6-12(17-4)11(15)7-10/h5-7,16H,8-9H2,1-4H3. The monoisotopic (exact) mass is 313 g/mol. The molecule has 0 spiro atoms. The Bertz CT molecular complexity index is 441. The van der Waals surface area contributed by atoms with Crippen molar-refractivity contribution >= 4 is 15.9 Å². The van der Waals surface area contributed by atoms with Crippen molar-refractivity contribution in [3.63, 3.8) is 0 Å². The summed E-state index contributed by atoms with van der Waals surface area (Å²) < 4.78 is 11.8. The minimum Gasteiger partial charge on any atom is -0.496 e. The van der Waals surface area contributed by atoms with Crippen LogP contribution in [0, 0.1) is 0 Å². The van der Waals surface area contributed by atoms with E-state index in [1.807, 2.05) is 13.1 Å². The van der Waals surface area contributed by atoms with E-state index in [0.29, 0.717) is 0 Å². The number of likely N-dealkylation sites (N-methyl/N-ethyl adjacent to an activating group) is 1. The van der Waals surface area contributed by atoms with Crippen LogP contribution in [0.1, 0.15) is 19.4 Å². The van der Waals surface area contributed by atoms with Gasteiger partial charge < -0.3 is 14.8 Å². The van der Waals surface area contributed by atoms with Gasteiger partial charge in [-0.25, -0.2) is 0 Å². The lowest BCUT2D eigenvalue weighted by molar-refractivity contribution is -0.0991. The van der Waals surface area contributed by atoms with Crippen molar-refractivity contribution in [2.24, 2.45) is 0 Å². The summed E-state index contributed by atoms with van der Waals surface area (Å²) in [5, 5.41) is 3.40. The van der Waals surface area contributed by atoms with Gasteiger partial charge in [0, 0.05) is 5.54 Å². The van der Waals surface area contributed by atoms with Crippen LogP contribution in [0.2, 0.25) is 0 Å². The maximum atomic E-state index is 5.49. The molecular weight excluding hydrogens is 294 g/mol. The van der Waals surface area contributed by atoms with Gasteiger partial charge in [-0.3, -0.25) is 0 Å². The fraction of sp³-hybridized carbons (Fsp3) is 0.571. The molecule has 0 aliphatic carbocycles. The Morgan fingerprint density at radius 2 is 2.06 bits per heavy atom. The molecule has 2 rings (SSSR count). The number of nitrogens with one attached hydrogen (secondary N) is 1. The molecule has 1 aliphatic rings. The summed E-state index contributed by atoms with van der Waals surface area (Å²) in [5.41, 5.74) is 1.29. The molecule has 1 aliphatic heterocycles. The van der Waals surface area contributed by atoms with Crippen molar-refractivity contribution in [1.82, 2.24) is 5.32 Å². The van der Waals surface area contributed by atoms with Gasteiger partial charge in [0.15, 0.2) is 0 Å². The molecule has 0 atom stereocenters. The average molecular weight is 314 g/mol. The lowest BCUT2D eigenvalue weighted by Gasteiger charge is -2.52. The summed E-state index contributed by atoms with van der Waals surface area (Å²) >= 11 is 3.56. The van der Waals surface area contributed by atoms with Crippen molar-refractivity contribution in [2.75, 3.05) is 27.4 Å². The summed E-state index contributed by atoms with van der Waals surface area (Å²) in [7, 11) is 3.68. The van der Waals surface area contributed by atoms with E-state index in [9.17, 15) is 0 Å². The van der Waals surface area contributed by atoms with Crippen LogP contribution in [0.5, 0.6) is 5.75 Å². The normalized spacial score (nSPS) is 18.3. The minimum atomic E-state index is -0.0146. The highest BCUT2D eigenvalue weighted by Gasteiger charge is 2.51. The molecule has 0 bridgehead atoms. The summed E-state index contributed by atoms with van der Waals surface area (Å²) in [6, 6.07) is 6.27. The number of hydrogen-bond acceptors (Lipinski definition) is 3. The smallest absolute Gasteiger partial charge is 0.133 e. The van der Waals surface area contributed by atoms with Crippen molar-refractivity contribution in [3.05, 3.63) is 28.2 Å². The van der Waals surface area contributed by atoms with Crippen molar-refractivity contribution < 1.29 is 9.47 Å². The van der Waals surface area contributed by atoms with Gasteiger partial charge in [0.05, 0.1) is 30.2 Å². The van der Waals surface area contributed by atoms with Crippen LogP contribution in [0.15, 0.2) is 22.7 Å². The van der Waals surface area contributed by atoms with Crippen molar-refractivity contribution in [1.29, 1.82) is 0 Å². The van der Waals surface area contributed by atoms with Gasteiger partial charge in [-0.15, -0.1) is 0 Å². The van der Waals surface area contributed by atoms with E-state index in [1.165, 1.54) is 5.56 Å². The second kappa shape index (κ2) is 4.83. The molecule has 3 nitrogen and oxygen atoms in total. The summed E-state index contributed by atoms with van der Waals surface area (Å²) in [5.74, 6) is 0.858. The molecule has 0 radical (unpaired) electrons. The molecule has 1 aromatic rings. The largest absolute Gasteiger partial charge is 0.496 e. The van der Waals surface area contributed by atoms with Crippen molar-refractivity contribution in [3.8, 4) is 5.75 Å². The van der Waals surface area contributed by atoms with Gasteiger partial charge >= 0.3 is 0 Å². The highest BCUT2D eigenvalue weighted by Crippen LogP contribution is 2.43. The SMILES string of the molecule is CNC(C)(C)C1(c2ccc(OC)c(Br)c2)COC1. The van der Waals surface area contributed by atoms with E-state index >= 15 is 0 Å². The number of ether oxygens (including phenoxy) is 2. The quantitative estimate of drug-likeness (QED) is 0.927. The molecular formula is C14H20BrNO2. The Morgan fingerprint density at radius 1 is 1.39 bits per heavy atom. The molecule has 0 aromatic heterocycles. The molecule has 100 valence electrons. The van der Waals surface area contributed by atoms with E-state index < -0.39 is 0 Å². The first kappa shape index (κ1) is 13.8. The van der Waals surface area contributed by atoms with E-state index in [-0.39, 0.29) is 11.0 Å². The maximum absolute atomic E-state index is 5.49. The van der Waals surface area contributed by atoms with Gasteiger partial charge in [0.25, 0.3) is 0 Å². The fourth-order valence-electron chi connectivity index (χ4n) is 2.40. The minimum absolute atomic E-state index is 0.0146. The molecule has 1 heterocycles. The van der Waals surface area contributed by atoms with E-state index in [0.717, 1.165) is 23.4 Å². The fourth-order valence-corrected chi connectivity index (χ4v) is 2.94. The number of methoxy groups -OCH3 is 1. The van der Waals surface area contributed by atoms with Crippen LogP contribution in [-0.4, -0.2) is 32.9 Å². The third kappa shape index (κ3) is 1.96. The van der Waals surface area contributed by atoms with Crippen LogP contribution in [0.3, 0.4) is 0 Å². The first-order chi connectivity index (χ1) is 8.47. The Balaban J connectivity index is 2.43. The average Bonchev–Trinajstić information content (AvgIpc) is 2.27. The number of benzene rings is 1. The second-order valence-electron chi connectivity index (χ2n) is 5.30. The number of halogens is 1. The molecule has 1 N–H and O–H groups in total. The Morgan fingerprint density at radius 3 is 2.44 bits per heavy atom. The van der Waals surface area contributed by atoms with Crippen LogP contribution in [0.25, 0.3) is 0 Å². The Labute approximate surface area is 117 Å². The summed E-state index contributed by atoms with van der Waals surface area (Å²) in [6.07, 6.45) is 0. The van der Waals surface area contributed by atoms with Gasteiger partial charge in [0.2, 0.25) is 0 Å². The van der Waals surface area contributed by atoms with Crippen LogP contribution in [0.4, 0.5) is 0 Å². The number of rotatable bonds is 4.